The number of anilines is 2. The highest BCUT2D eigenvalue weighted by molar-refractivity contribution is 5.66. The maximum absolute atomic E-state index is 6.11. The van der Waals surface area contributed by atoms with Crippen LogP contribution in [0.5, 0.6) is 0 Å². The molecule has 1 aliphatic rings. The summed E-state index contributed by atoms with van der Waals surface area (Å²) >= 11 is 0. The summed E-state index contributed by atoms with van der Waals surface area (Å²) < 4.78 is 6.95. The van der Waals surface area contributed by atoms with Gasteiger partial charge in [0.25, 0.3) is 0 Å². The highest BCUT2D eigenvalue weighted by Crippen LogP contribution is 2.26. The molecule has 3 aromatic rings. The third-order valence-electron chi connectivity index (χ3n) is 4.26. The number of likely N-dealkylation sites (N-methyl/N-ethyl adjacent to an activating group) is 1. The molecule has 0 aromatic carbocycles. The number of nitrogens with zero attached hydrogens (tertiary/aromatic N) is 6. The first kappa shape index (κ1) is 14.0. The lowest BCUT2D eigenvalue weighted by Gasteiger charge is -2.34. The minimum Gasteiger partial charge on any atom is -0.461 e. The molecule has 0 aliphatic carbocycles. The molecule has 2 N–H and O–H groups in total. The summed E-state index contributed by atoms with van der Waals surface area (Å²) in [5.74, 6) is 2.36. The molecule has 0 atom stereocenters. The molecule has 1 saturated heterocycles. The average Bonchev–Trinajstić information content (AvgIpc) is 3.20. The second kappa shape index (κ2) is 5.24. The summed E-state index contributed by atoms with van der Waals surface area (Å²) in [6.45, 7) is 5.89. The van der Waals surface area contributed by atoms with E-state index in [1.807, 2.05) is 19.1 Å². The van der Waals surface area contributed by atoms with Crippen LogP contribution in [-0.2, 0) is 0 Å². The largest absolute Gasteiger partial charge is 0.461 e. The SMILES string of the molecule is Cc1c(N2CCN(C)CC2)nc(N)n2nc(-c3ccco3)nc12. The minimum absolute atomic E-state index is 0.338. The van der Waals surface area contributed by atoms with Crippen molar-refractivity contribution in [2.45, 2.75) is 6.92 Å². The Labute approximate surface area is 133 Å². The molecule has 23 heavy (non-hydrogen) atoms. The van der Waals surface area contributed by atoms with E-state index in [0.717, 1.165) is 43.2 Å². The number of hydrogen-bond acceptors (Lipinski definition) is 7. The first-order chi connectivity index (χ1) is 11.1. The van der Waals surface area contributed by atoms with Gasteiger partial charge in [0.15, 0.2) is 11.4 Å². The predicted octanol–water partition coefficient (Wildman–Crippen LogP) is 1.03. The molecule has 4 heterocycles. The molecular weight excluding hydrogens is 294 g/mol. The van der Waals surface area contributed by atoms with Crippen molar-refractivity contribution in [2.75, 3.05) is 43.9 Å². The van der Waals surface area contributed by atoms with Gasteiger partial charge in [-0.2, -0.15) is 9.50 Å². The molecule has 0 radical (unpaired) electrons. The summed E-state index contributed by atoms with van der Waals surface area (Å²) in [5.41, 5.74) is 7.81. The standard InChI is InChI=1S/C15H19N7O/c1-10-13(21-7-5-20(2)6-8-21)18-15(16)22-14(10)17-12(19-22)11-4-3-9-23-11/h3-4,9H,5-8H2,1-2H3,(H2,16,18). The van der Waals surface area contributed by atoms with Crippen molar-refractivity contribution in [1.82, 2.24) is 24.5 Å². The maximum atomic E-state index is 6.11. The molecule has 8 nitrogen and oxygen atoms in total. The summed E-state index contributed by atoms with van der Waals surface area (Å²) in [6.07, 6.45) is 1.60. The first-order valence-corrected chi connectivity index (χ1v) is 7.63. The van der Waals surface area contributed by atoms with Crippen LogP contribution in [0, 0.1) is 6.92 Å². The van der Waals surface area contributed by atoms with Gasteiger partial charge in [0.05, 0.1) is 6.26 Å². The van der Waals surface area contributed by atoms with Gasteiger partial charge < -0.3 is 20.0 Å². The van der Waals surface area contributed by atoms with Gasteiger partial charge in [-0.25, -0.2) is 4.98 Å². The normalized spacial score (nSPS) is 16.3. The lowest BCUT2D eigenvalue weighted by Crippen LogP contribution is -2.45. The van der Waals surface area contributed by atoms with Crippen LogP contribution in [0.2, 0.25) is 0 Å². The van der Waals surface area contributed by atoms with E-state index in [0.29, 0.717) is 17.5 Å². The molecule has 0 unspecified atom stereocenters. The van der Waals surface area contributed by atoms with Crippen molar-refractivity contribution in [1.29, 1.82) is 0 Å². The van der Waals surface area contributed by atoms with Gasteiger partial charge in [-0.3, -0.25) is 0 Å². The molecular formula is C15H19N7O. The van der Waals surface area contributed by atoms with Crippen LogP contribution in [0.15, 0.2) is 22.8 Å². The third kappa shape index (κ3) is 2.31. The third-order valence-corrected chi connectivity index (χ3v) is 4.26. The summed E-state index contributed by atoms with van der Waals surface area (Å²) in [6, 6.07) is 3.64. The van der Waals surface area contributed by atoms with E-state index in [1.165, 1.54) is 0 Å². The fourth-order valence-electron chi connectivity index (χ4n) is 2.89. The maximum Gasteiger partial charge on any atom is 0.225 e. The van der Waals surface area contributed by atoms with Gasteiger partial charge in [-0.1, -0.05) is 0 Å². The molecule has 120 valence electrons. The molecule has 1 fully saturated rings. The second-order valence-electron chi connectivity index (χ2n) is 5.86. The Morgan fingerprint density at radius 2 is 1.96 bits per heavy atom. The lowest BCUT2D eigenvalue weighted by atomic mass is 10.2. The summed E-state index contributed by atoms with van der Waals surface area (Å²) in [7, 11) is 2.13. The number of aryl methyl sites for hydroxylation is 1. The molecule has 4 rings (SSSR count). The predicted molar refractivity (Wildman–Crippen MR) is 87.3 cm³/mol. The molecule has 0 amide bonds. The number of hydrogen-bond donors (Lipinski definition) is 1. The van der Waals surface area contributed by atoms with E-state index >= 15 is 0 Å². The molecule has 3 aromatic heterocycles. The van der Waals surface area contributed by atoms with Gasteiger partial charge in [0.1, 0.15) is 5.82 Å². The molecule has 1 aliphatic heterocycles. The number of rotatable bonds is 2. The van der Waals surface area contributed by atoms with Gasteiger partial charge in [0.2, 0.25) is 11.8 Å². The highest BCUT2D eigenvalue weighted by Gasteiger charge is 2.22. The van der Waals surface area contributed by atoms with Crippen LogP contribution >= 0.6 is 0 Å². The number of nitrogen functional groups attached to an aromatic ring is 1. The first-order valence-electron chi connectivity index (χ1n) is 7.63. The average molecular weight is 313 g/mol. The van der Waals surface area contributed by atoms with Crippen molar-refractivity contribution in [3.8, 4) is 11.6 Å². The molecule has 0 bridgehead atoms. The fraction of sp³-hybridized carbons (Fsp3) is 0.400. The van der Waals surface area contributed by atoms with E-state index in [2.05, 4.69) is 31.9 Å². The number of piperazine rings is 1. The number of fused-ring (bicyclic) bond motifs is 1. The zero-order chi connectivity index (χ0) is 16.0. The minimum atomic E-state index is 0.338. The topological polar surface area (TPSA) is 88.7 Å². The monoisotopic (exact) mass is 313 g/mol. The fourth-order valence-corrected chi connectivity index (χ4v) is 2.89. The highest BCUT2D eigenvalue weighted by atomic mass is 16.3. The zero-order valence-electron chi connectivity index (χ0n) is 13.2. The molecule has 0 spiro atoms. The number of nitrogens with two attached hydrogens (primary N) is 1. The van der Waals surface area contributed by atoms with E-state index in [9.17, 15) is 0 Å². The van der Waals surface area contributed by atoms with Crippen molar-refractivity contribution >= 4 is 17.4 Å². The van der Waals surface area contributed by atoms with E-state index in [4.69, 9.17) is 10.2 Å². The van der Waals surface area contributed by atoms with E-state index < -0.39 is 0 Å². The van der Waals surface area contributed by atoms with E-state index in [1.54, 1.807) is 10.8 Å². The number of furan rings is 1. The summed E-state index contributed by atoms with van der Waals surface area (Å²) in [5, 5.41) is 4.41. The molecule has 0 saturated carbocycles. The van der Waals surface area contributed by atoms with Crippen LogP contribution in [-0.4, -0.2) is 57.7 Å². The van der Waals surface area contributed by atoms with E-state index in [-0.39, 0.29) is 0 Å². The van der Waals surface area contributed by atoms with Crippen LogP contribution < -0.4 is 10.6 Å². The Morgan fingerprint density at radius 3 is 2.65 bits per heavy atom. The zero-order valence-corrected chi connectivity index (χ0v) is 13.2. The molecule has 8 heteroatoms. The van der Waals surface area contributed by atoms with Gasteiger partial charge >= 0.3 is 0 Å². The smallest absolute Gasteiger partial charge is 0.225 e. The van der Waals surface area contributed by atoms with Crippen LogP contribution in [0.25, 0.3) is 17.2 Å². The van der Waals surface area contributed by atoms with Crippen molar-refractivity contribution in [2.24, 2.45) is 0 Å². The summed E-state index contributed by atoms with van der Waals surface area (Å²) in [4.78, 5) is 13.7. The van der Waals surface area contributed by atoms with Gasteiger partial charge in [-0.05, 0) is 26.1 Å². The lowest BCUT2D eigenvalue weighted by molar-refractivity contribution is 0.312. The van der Waals surface area contributed by atoms with Gasteiger partial charge in [0, 0.05) is 31.7 Å². The Kier molecular flexibility index (Phi) is 3.19. The quantitative estimate of drug-likeness (QED) is 0.755. The van der Waals surface area contributed by atoms with Crippen LogP contribution in [0.4, 0.5) is 11.8 Å². The number of aromatic nitrogens is 4. The Morgan fingerprint density at radius 1 is 1.17 bits per heavy atom. The van der Waals surface area contributed by atoms with Crippen molar-refractivity contribution in [3.63, 3.8) is 0 Å². The van der Waals surface area contributed by atoms with Crippen LogP contribution in [0.3, 0.4) is 0 Å². The Hall–Kier alpha value is -2.61. The van der Waals surface area contributed by atoms with Gasteiger partial charge in [-0.15, -0.1) is 5.10 Å². The van der Waals surface area contributed by atoms with Crippen LogP contribution in [0.1, 0.15) is 5.56 Å². The second-order valence-corrected chi connectivity index (χ2v) is 5.86. The van der Waals surface area contributed by atoms with Crippen molar-refractivity contribution < 1.29 is 4.42 Å². The Bertz CT molecular complexity index is 831. The Balaban J connectivity index is 1.80. The van der Waals surface area contributed by atoms with Crippen molar-refractivity contribution in [3.05, 3.63) is 24.0 Å².